The van der Waals surface area contributed by atoms with Gasteiger partial charge in [-0.2, -0.15) is 0 Å². The fourth-order valence-electron chi connectivity index (χ4n) is 3.31. The minimum atomic E-state index is -4.05. The molecule has 1 heterocycles. The summed E-state index contributed by atoms with van der Waals surface area (Å²) < 4.78 is 33.2. The molecule has 4 rings (SSSR count). The number of benzene rings is 3. The standard InChI is InChI=1S/C24H20N4O6S/c1-34-21-12-5-4-11-20(21)28-35(32,33)17-9-6-8-16(13-17)22(29)26-27-24(31)18-14-15-7-2-3-10-19(15)25-23(18)30/h2-14,28H,1H3,(H,25,30)(H,26,29)(H,27,31). The number of carbonyl (C=O) groups is 2. The number of para-hydroxylation sites is 3. The Morgan fingerprint density at radius 2 is 1.57 bits per heavy atom. The molecule has 3 aromatic carbocycles. The summed E-state index contributed by atoms with van der Waals surface area (Å²) in [4.78, 5) is 39.7. The van der Waals surface area contributed by atoms with Gasteiger partial charge in [-0.1, -0.05) is 36.4 Å². The molecule has 1 aromatic heterocycles. The van der Waals surface area contributed by atoms with E-state index in [0.717, 1.165) is 6.07 Å². The van der Waals surface area contributed by atoms with Gasteiger partial charge in [0.1, 0.15) is 11.3 Å². The van der Waals surface area contributed by atoms with Gasteiger partial charge in [-0.15, -0.1) is 0 Å². The zero-order valence-corrected chi connectivity index (χ0v) is 19.2. The topological polar surface area (TPSA) is 146 Å². The number of hydrogen-bond donors (Lipinski definition) is 4. The number of aromatic amines is 1. The van der Waals surface area contributed by atoms with Crippen molar-refractivity contribution in [3.63, 3.8) is 0 Å². The van der Waals surface area contributed by atoms with Gasteiger partial charge in [-0.25, -0.2) is 8.42 Å². The molecular formula is C24H20N4O6S. The number of nitrogens with one attached hydrogen (secondary N) is 4. The Hall–Kier alpha value is -4.64. The van der Waals surface area contributed by atoms with Crippen LogP contribution in [0.2, 0.25) is 0 Å². The number of amides is 2. The zero-order valence-electron chi connectivity index (χ0n) is 18.4. The molecule has 0 aliphatic rings. The van der Waals surface area contributed by atoms with Crippen LogP contribution in [0.5, 0.6) is 5.75 Å². The van der Waals surface area contributed by atoms with Crippen molar-refractivity contribution in [1.82, 2.24) is 15.8 Å². The van der Waals surface area contributed by atoms with Crippen molar-refractivity contribution in [2.75, 3.05) is 11.8 Å². The van der Waals surface area contributed by atoms with Crippen molar-refractivity contribution >= 4 is 38.4 Å². The summed E-state index contributed by atoms with van der Waals surface area (Å²) in [5, 5.41) is 0.643. The monoisotopic (exact) mass is 492 g/mol. The Labute approximate surface area is 200 Å². The Bertz CT molecular complexity index is 1600. The Morgan fingerprint density at radius 1 is 0.857 bits per heavy atom. The number of pyridine rings is 1. The number of hydrazine groups is 1. The van der Waals surface area contributed by atoms with Crippen molar-refractivity contribution in [2.24, 2.45) is 0 Å². The van der Waals surface area contributed by atoms with E-state index in [1.807, 2.05) is 0 Å². The molecule has 0 spiro atoms. The smallest absolute Gasteiger partial charge is 0.275 e. The van der Waals surface area contributed by atoms with E-state index in [9.17, 15) is 22.8 Å². The van der Waals surface area contributed by atoms with Gasteiger partial charge in [-0.3, -0.25) is 30.0 Å². The average molecular weight is 493 g/mol. The number of anilines is 1. The maximum Gasteiger partial charge on any atom is 0.275 e. The first-order valence-electron chi connectivity index (χ1n) is 10.3. The van der Waals surface area contributed by atoms with E-state index in [0.29, 0.717) is 16.7 Å². The van der Waals surface area contributed by atoms with Crippen LogP contribution in [0.15, 0.2) is 88.6 Å². The first-order chi connectivity index (χ1) is 16.8. The molecule has 4 aromatic rings. The third-order valence-corrected chi connectivity index (χ3v) is 6.41. The number of methoxy groups -OCH3 is 1. The van der Waals surface area contributed by atoms with Gasteiger partial charge in [-0.05, 0) is 47.9 Å². The Kier molecular flexibility index (Phi) is 6.51. The molecule has 178 valence electrons. The van der Waals surface area contributed by atoms with Crippen molar-refractivity contribution in [1.29, 1.82) is 0 Å². The summed E-state index contributed by atoms with van der Waals surface area (Å²) in [5.41, 5.74) is 4.33. The second-order valence-electron chi connectivity index (χ2n) is 7.34. The van der Waals surface area contributed by atoms with Crippen molar-refractivity contribution < 1.29 is 22.7 Å². The zero-order chi connectivity index (χ0) is 25.0. The highest BCUT2D eigenvalue weighted by Gasteiger charge is 2.19. The van der Waals surface area contributed by atoms with Gasteiger partial charge >= 0.3 is 0 Å². The molecule has 0 saturated carbocycles. The molecule has 0 aliphatic heterocycles. The lowest BCUT2D eigenvalue weighted by molar-refractivity contribution is 0.0846. The second kappa shape index (κ2) is 9.69. The van der Waals surface area contributed by atoms with Gasteiger partial charge in [0.15, 0.2) is 0 Å². The minimum Gasteiger partial charge on any atom is -0.495 e. The molecule has 0 atom stereocenters. The summed E-state index contributed by atoms with van der Waals surface area (Å²) in [6.07, 6.45) is 0. The molecule has 35 heavy (non-hydrogen) atoms. The molecule has 0 unspecified atom stereocenters. The van der Waals surface area contributed by atoms with Crippen LogP contribution in [0, 0.1) is 0 Å². The molecule has 11 heteroatoms. The summed E-state index contributed by atoms with van der Waals surface area (Å²) >= 11 is 0. The van der Waals surface area contributed by atoms with E-state index in [2.05, 4.69) is 20.6 Å². The molecular weight excluding hydrogens is 472 g/mol. The van der Waals surface area contributed by atoms with Crippen LogP contribution < -0.4 is 25.9 Å². The van der Waals surface area contributed by atoms with E-state index in [1.54, 1.807) is 42.5 Å². The molecule has 0 saturated heterocycles. The van der Waals surface area contributed by atoms with Gasteiger partial charge in [0.25, 0.3) is 27.4 Å². The summed E-state index contributed by atoms with van der Waals surface area (Å²) in [6, 6.07) is 20.1. The molecule has 0 radical (unpaired) electrons. The lowest BCUT2D eigenvalue weighted by atomic mass is 10.1. The largest absolute Gasteiger partial charge is 0.495 e. The van der Waals surface area contributed by atoms with Crippen LogP contribution in [-0.2, 0) is 10.0 Å². The highest BCUT2D eigenvalue weighted by molar-refractivity contribution is 7.92. The summed E-state index contributed by atoms with van der Waals surface area (Å²) in [7, 11) is -2.63. The highest BCUT2D eigenvalue weighted by Crippen LogP contribution is 2.26. The lowest BCUT2D eigenvalue weighted by Gasteiger charge is -2.12. The molecule has 0 bridgehead atoms. The third kappa shape index (κ3) is 5.14. The Morgan fingerprint density at radius 3 is 2.37 bits per heavy atom. The summed E-state index contributed by atoms with van der Waals surface area (Å²) in [6.45, 7) is 0. The van der Waals surface area contributed by atoms with Gasteiger partial charge in [0.2, 0.25) is 0 Å². The van der Waals surface area contributed by atoms with Crippen molar-refractivity contribution in [2.45, 2.75) is 4.90 Å². The van der Waals surface area contributed by atoms with E-state index >= 15 is 0 Å². The fourth-order valence-corrected chi connectivity index (χ4v) is 4.42. The maximum absolute atomic E-state index is 12.8. The van der Waals surface area contributed by atoms with E-state index < -0.39 is 27.4 Å². The quantitative estimate of drug-likeness (QED) is 0.304. The predicted octanol–water partition coefficient (Wildman–Crippen LogP) is 2.41. The third-order valence-electron chi connectivity index (χ3n) is 5.05. The average Bonchev–Trinajstić information content (AvgIpc) is 2.86. The number of aromatic nitrogens is 1. The fraction of sp³-hybridized carbons (Fsp3) is 0.0417. The molecule has 4 N–H and O–H groups in total. The first kappa shape index (κ1) is 23.5. The van der Waals surface area contributed by atoms with Crippen LogP contribution in [-0.4, -0.2) is 32.3 Å². The van der Waals surface area contributed by atoms with Crippen LogP contribution in [0.4, 0.5) is 5.69 Å². The molecule has 2 amide bonds. The second-order valence-corrected chi connectivity index (χ2v) is 9.02. The van der Waals surface area contributed by atoms with Crippen LogP contribution in [0.1, 0.15) is 20.7 Å². The maximum atomic E-state index is 12.8. The van der Waals surface area contributed by atoms with E-state index in [-0.39, 0.29) is 21.7 Å². The van der Waals surface area contributed by atoms with Gasteiger partial charge < -0.3 is 9.72 Å². The number of rotatable bonds is 6. The lowest BCUT2D eigenvalue weighted by Crippen LogP contribution is -2.43. The van der Waals surface area contributed by atoms with E-state index in [1.165, 1.54) is 37.4 Å². The minimum absolute atomic E-state index is 0.0272. The molecule has 0 aliphatic carbocycles. The number of carbonyl (C=O) groups excluding carboxylic acids is 2. The van der Waals surface area contributed by atoms with Crippen LogP contribution in [0.3, 0.4) is 0 Å². The number of fused-ring (bicyclic) bond motifs is 1. The number of H-pyrrole nitrogens is 1. The van der Waals surface area contributed by atoms with Crippen LogP contribution >= 0.6 is 0 Å². The molecule has 10 nitrogen and oxygen atoms in total. The molecule has 0 fully saturated rings. The summed E-state index contributed by atoms with van der Waals surface area (Å²) in [5.74, 6) is -1.27. The normalized spacial score (nSPS) is 11.0. The predicted molar refractivity (Wildman–Crippen MR) is 130 cm³/mol. The number of sulfonamides is 1. The van der Waals surface area contributed by atoms with Gasteiger partial charge in [0.05, 0.1) is 17.7 Å². The van der Waals surface area contributed by atoms with Crippen molar-refractivity contribution in [3.8, 4) is 5.75 Å². The number of ether oxygens (including phenoxy) is 1. The Balaban J connectivity index is 1.49. The highest BCUT2D eigenvalue weighted by atomic mass is 32.2. The van der Waals surface area contributed by atoms with E-state index in [4.69, 9.17) is 4.74 Å². The number of hydrogen-bond acceptors (Lipinski definition) is 6. The SMILES string of the molecule is COc1ccccc1NS(=O)(=O)c1cccc(C(=O)NNC(=O)c2cc3ccccc3[nH]c2=O)c1. The first-order valence-corrected chi connectivity index (χ1v) is 11.8. The van der Waals surface area contributed by atoms with Crippen LogP contribution in [0.25, 0.3) is 10.9 Å². The van der Waals surface area contributed by atoms with Crippen molar-refractivity contribution in [3.05, 3.63) is 100 Å². The van der Waals surface area contributed by atoms with Gasteiger partial charge in [0, 0.05) is 11.1 Å².